The van der Waals surface area contributed by atoms with Crippen LogP contribution in [0.15, 0.2) is 12.3 Å². The fourth-order valence-corrected chi connectivity index (χ4v) is 3.11. The smallest absolute Gasteiger partial charge is 0.155 e. The van der Waals surface area contributed by atoms with Gasteiger partial charge in [-0.25, -0.2) is 4.39 Å². The Labute approximate surface area is 88.7 Å². The molecule has 1 aromatic heterocycles. The van der Waals surface area contributed by atoms with Crippen molar-refractivity contribution in [3.63, 3.8) is 0 Å². The van der Waals surface area contributed by atoms with Crippen molar-refractivity contribution in [1.29, 1.82) is 0 Å². The Bertz CT molecular complexity index is 362. The van der Waals surface area contributed by atoms with Crippen molar-refractivity contribution in [3.8, 4) is 0 Å². The van der Waals surface area contributed by atoms with E-state index in [1.807, 2.05) is 13.1 Å². The fourth-order valence-electron chi connectivity index (χ4n) is 3.11. The van der Waals surface area contributed by atoms with E-state index in [1.54, 1.807) is 10.9 Å². The van der Waals surface area contributed by atoms with Crippen molar-refractivity contribution in [1.82, 2.24) is 15.1 Å². The lowest BCUT2D eigenvalue weighted by Gasteiger charge is -2.34. The number of halogens is 1. The van der Waals surface area contributed by atoms with E-state index in [9.17, 15) is 4.39 Å². The van der Waals surface area contributed by atoms with Crippen LogP contribution in [-0.4, -0.2) is 21.9 Å². The number of alkyl halides is 1. The molecule has 0 aromatic carbocycles. The zero-order valence-corrected chi connectivity index (χ0v) is 8.91. The van der Waals surface area contributed by atoms with Gasteiger partial charge in [0.2, 0.25) is 0 Å². The van der Waals surface area contributed by atoms with Crippen LogP contribution < -0.4 is 5.32 Å². The summed E-state index contributed by atoms with van der Waals surface area (Å²) in [5, 5.41) is 7.52. The first-order chi connectivity index (χ1) is 7.17. The maximum absolute atomic E-state index is 14.8. The molecule has 0 aliphatic carbocycles. The third-order valence-electron chi connectivity index (χ3n) is 3.75. The molecule has 2 aliphatic heterocycles. The highest BCUT2D eigenvalue weighted by Gasteiger charge is 2.46. The molecule has 2 fully saturated rings. The van der Waals surface area contributed by atoms with Gasteiger partial charge in [0.15, 0.2) is 5.67 Å². The van der Waals surface area contributed by atoms with E-state index in [0.717, 1.165) is 18.5 Å². The van der Waals surface area contributed by atoms with E-state index in [1.165, 1.54) is 0 Å². The largest absolute Gasteiger partial charge is 0.311 e. The van der Waals surface area contributed by atoms with Crippen LogP contribution in [0.5, 0.6) is 0 Å². The minimum atomic E-state index is -1.16. The number of piperidine rings is 1. The molecule has 0 radical (unpaired) electrons. The number of hydrogen-bond donors (Lipinski definition) is 1. The summed E-state index contributed by atoms with van der Waals surface area (Å²) >= 11 is 0. The summed E-state index contributed by atoms with van der Waals surface area (Å²) in [5.74, 6) is 0. The number of hydrogen-bond acceptors (Lipinski definition) is 2. The van der Waals surface area contributed by atoms with Crippen molar-refractivity contribution in [2.45, 2.75) is 43.4 Å². The number of nitrogens with one attached hydrogen (secondary N) is 1. The van der Waals surface area contributed by atoms with Crippen LogP contribution in [0.2, 0.25) is 0 Å². The minimum absolute atomic E-state index is 0.364. The zero-order chi connectivity index (χ0) is 10.5. The second-order valence-corrected chi connectivity index (χ2v) is 4.85. The fraction of sp³-hybridized carbons (Fsp3) is 0.727. The predicted octanol–water partition coefficient (Wildman–Crippen LogP) is 1.50. The average molecular weight is 209 g/mol. The van der Waals surface area contributed by atoms with Gasteiger partial charge in [-0.15, -0.1) is 0 Å². The second-order valence-electron chi connectivity index (χ2n) is 4.85. The van der Waals surface area contributed by atoms with E-state index >= 15 is 0 Å². The molecule has 82 valence electrons. The summed E-state index contributed by atoms with van der Waals surface area (Å²) < 4.78 is 16.5. The molecule has 3 rings (SSSR count). The van der Waals surface area contributed by atoms with Gasteiger partial charge >= 0.3 is 0 Å². The molecule has 2 saturated heterocycles. The maximum atomic E-state index is 14.8. The Balaban J connectivity index is 1.94. The number of rotatable bonds is 1. The molecular formula is C11H16FN3. The van der Waals surface area contributed by atoms with Gasteiger partial charge in [-0.2, -0.15) is 5.10 Å². The Kier molecular flexibility index (Phi) is 1.89. The lowest BCUT2D eigenvalue weighted by Crippen LogP contribution is -2.45. The Hall–Kier alpha value is -0.900. The molecule has 2 atom stereocenters. The molecular weight excluding hydrogens is 193 g/mol. The lowest BCUT2D eigenvalue weighted by atomic mass is 9.86. The monoisotopic (exact) mass is 209 g/mol. The minimum Gasteiger partial charge on any atom is -0.311 e. The van der Waals surface area contributed by atoms with E-state index in [-0.39, 0.29) is 0 Å². The van der Waals surface area contributed by atoms with Gasteiger partial charge in [-0.1, -0.05) is 0 Å². The number of aryl methyl sites for hydroxylation is 1. The van der Waals surface area contributed by atoms with Crippen molar-refractivity contribution >= 4 is 0 Å². The highest BCUT2D eigenvalue weighted by Crippen LogP contribution is 2.43. The van der Waals surface area contributed by atoms with Crippen LogP contribution >= 0.6 is 0 Å². The normalized spacial score (nSPS) is 39.6. The van der Waals surface area contributed by atoms with Gasteiger partial charge < -0.3 is 5.32 Å². The molecule has 0 spiro atoms. The number of nitrogens with zero attached hydrogens (tertiary/aromatic N) is 2. The summed E-state index contributed by atoms with van der Waals surface area (Å²) in [6.45, 7) is 0. The van der Waals surface area contributed by atoms with Crippen LogP contribution in [0.4, 0.5) is 4.39 Å². The van der Waals surface area contributed by atoms with Crippen LogP contribution in [-0.2, 0) is 12.7 Å². The molecule has 2 bridgehead atoms. The molecule has 3 nitrogen and oxygen atoms in total. The summed E-state index contributed by atoms with van der Waals surface area (Å²) in [5.41, 5.74) is -0.427. The summed E-state index contributed by atoms with van der Waals surface area (Å²) in [6.07, 6.45) is 5.12. The number of fused-ring (bicyclic) bond motifs is 2. The Morgan fingerprint density at radius 3 is 2.67 bits per heavy atom. The average Bonchev–Trinajstić information content (AvgIpc) is 2.73. The topological polar surface area (TPSA) is 29.9 Å². The van der Waals surface area contributed by atoms with Crippen LogP contribution in [0.3, 0.4) is 0 Å². The Morgan fingerprint density at radius 1 is 1.47 bits per heavy atom. The number of aromatic nitrogens is 2. The van der Waals surface area contributed by atoms with E-state index in [0.29, 0.717) is 24.9 Å². The third kappa shape index (κ3) is 1.39. The Morgan fingerprint density at radius 2 is 2.13 bits per heavy atom. The van der Waals surface area contributed by atoms with Crippen molar-refractivity contribution in [3.05, 3.63) is 18.0 Å². The van der Waals surface area contributed by atoms with Gasteiger partial charge in [0.05, 0.1) is 5.69 Å². The SMILES string of the molecule is Cn1nccc1C1(F)CC2CCC(C1)N2. The quantitative estimate of drug-likeness (QED) is 0.759. The van der Waals surface area contributed by atoms with Gasteiger partial charge in [0.1, 0.15) is 0 Å². The molecule has 0 saturated carbocycles. The highest BCUT2D eigenvalue weighted by atomic mass is 19.1. The molecule has 1 aromatic rings. The van der Waals surface area contributed by atoms with E-state index in [4.69, 9.17) is 0 Å². The van der Waals surface area contributed by atoms with Gasteiger partial charge in [0.25, 0.3) is 0 Å². The van der Waals surface area contributed by atoms with Gasteiger partial charge in [-0.05, 0) is 18.9 Å². The first-order valence-corrected chi connectivity index (χ1v) is 5.61. The zero-order valence-electron chi connectivity index (χ0n) is 8.91. The molecule has 2 aliphatic rings. The van der Waals surface area contributed by atoms with Gasteiger partial charge in [0, 0.05) is 38.2 Å². The summed E-state index contributed by atoms with van der Waals surface area (Å²) in [7, 11) is 1.82. The molecule has 15 heavy (non-hydrogen) atoms. The van der Waals surface area contributed by atoms with E-state index < -0.39 is 5.67 Å². The van der Waals surface area contributed by atoms with Crippen LogP contribution in [0.25, 0.3) is 0 Å². The third-order valence-corrected chi connectivity index (χ3v) is 3.75. The maximum Gasteiger partial charge on any atom is 0.155 e. The standard InChI is InChI=1S/C11H16FN3/c1-15-10(4-5-13-15)11(12)6-8-2-3-9(7-11)14-8/h4-5,8-9,14H,2-3,6-7H2,1H3. The van der Waals surface area contributed by atoms with Crippen molar-refractivity contribution in [2.75, 3.05) is 0 Å². The molecule has 0 amide bonds. The van der Waals surface area contributed by atoms with Crippen LogP contribution in [0, 0.1) is 0 Å². The van der Waals surface area contributed by atoms with Crippen molar-refractivity contribution in [2.24, 2.45) is 7.05 Å². The van der Waals surface area contributed by atoms with Crippen molar-refractivity contribution < 1.29 is 4.39 Å². The second kappa shape index (κ2) is 3.04. The van der Waals surface area contributed by atoms with Crippen LogP contribution in [0.1, 0.15) is 31.4 Å². The molecule has 4 heteroatoms. The molecule has 1 N–H and O–H groups in total. The summed E-state index contributed by atoms with van der Waals surface area (Å²) in [6, 6.07) is 2.54. The van der Waals surface area contributed by atoms with Gasteiger partial charge in [-0.3, -0.25) is 4.68 Å². The highest BCUT2D eigenvalue weighted by molar-refractivity contribution is 5.16. The lowest BCUT2D eigenvalue weighted by molar-refractivity contribution is 0.0783. The predicted molar refractivity (Wildman–Crippen MR) is 55.2 cm³/mol. The first-order valence-electron chi connectivity index (χ1n) is 5.61. The molecule has 3 heterocycles. The van der Waals surface area contributed by atoms with E-state index in [2.05, 4.69) is 10.4 Å². The first kappa shape index (κ1) is 9.33. The summed E-state index contributed by atoms with van der Waals surface area (Å²) in [4.78, 5) is 0. The molecule has 2 unspecified atom stereocenters.